The van der Waals surface area contributed by atoms with Gasteiger partial charge in [0.2, 0.25) is 0 Å². The highest BCUT2D eigenvalue weighted by Crippen LogP contribution is 2.11. The van der Waals surface area contributed by atoms with Crippen LogP contribution >= 0.6 is 15.9 Å². The van der Waals surface area contributed by atoms with E-state index in [-0.39, 0.29) is 12.3 Å². The zero-order valence-corrected chi connectivity index (χ0v) is 9.41. The predicted octanol–water partition coefficient (Wildman–Crippen LogP) is 0.536. The summed E-state index contributed by atoms with van der Waals surface area (Å²) >= 11 is 3.16. The van der Waals surface area contributed by atoms with Crippen LogP contribution in [0.15, 0.2) is 17.3 Å². The fraction of sp³-hybridized carbons (Fsp3) is 0.375. The Balaban J connectivity index is 2.64. The van der Waals surface area contributed by atoms with Crippen molar-refractivity contribution < 1.29 is 4.79 Å². The average molecular weight is 259 g/mol. The molecule has 1 N–H and O–H groups in total. The number of carbonyl (C=O) groups is 1. The van der Waals surface area contributed by atoms with Gasteiger partial charge >= 0.3 is 0 Å². The van der Waals surface area contributed by atoms with Crippen molar-refractivity contribution in [3.63, 3.8) is 0 Å². The van der Waals surface area contributed by atoms with Crippen molar-refractivity contribution in [3.8, 4) is 0 Å². The van der Waals surface area contributed by atoms with Crippen LogP contribution in [0.4, 0.5) is 0 Å². The lowest BCUT2D eigenvalue weighted by atomic mass is 10.3. The summed E-state index contributed by atoms with van der Waals surface area (Å²) in [6.07, 6.45) is 1.70. The molecule has 0 unspecified atom stereocenters. The van der Waals surface area contributed by atoms with E-state index >= 15 is 0 Å². The molecule has 0 saturated heterocycles. The van der Waals surface area contributed by atoms with E-state index in [0.717, 1.165) is 0 Å². The fourth-order valence-corrected chi connectivity index (χ4v) is 1.55. The topological polar surface area (TPSA) is 59.8 Å². The molecule has 14 heavy (non-hydrogen) atoms. The highest BCUT2D eigenvalue weighted by molar-refractivity contribution is 9.10. The molecule has 1 aromatic heterocycles. The Bertz CT molecular complexity index is 328. The minimum absolute atomic E-state index is 0.0498. The van der Waals surface area contributed by atoms with Crippen LogP contribution in [0, 0.1) is 0 Å². The Morgan fingerprint density at radius 3 is 3.00 bits per heavy atom. The maximum absolute atomic E-state index is 11.6. The molecule has 0 amide bonds. The highest BCUT2D eigenvalue weighted by Gasteiger charge is 2.15. The van der Waals surface area contributed by atoms with Crippen molar-refractivity contribution in [2.45, 2.75) is 0 Å². The Hall–Kier alpha value is -1.01. The maximum atomic E-state index is 11.6. The number of carbonyl (C=O) groups excluding carboxylic acids is 1. The number of ketones is 1. The Morgan fingerprint density at radius 2 is 2.50 bits per heavy atom. The van der Waals surface area contributed by atoms with Gasteiger partial charge in [0, 0.05) is 13.6 Å². The van der Waals surface area contributed by atoms with Gasteiger partial charge in [0.1, 0.15) is 5.69 Å². The Kier molecular flexibility index (Phi) is 3.97. The first-order valence-electron chi connectivity index (χ1n) is 4.06. The molecule has 0 spiro atoms. The van der Waals surface area contributed by atoms with Gasteiger partial charge in [-0.2, -0.15) is 0 Å². The van der Waals surface area contributed by atoms with Gasteiger partial charge in [-0.25, -0.2) is 4.68 Å². The van der Waals surface area contributed by atoms with Gasteiger partial charge in [-0.15, -0.1) is 11.7 Å². The number of halogens is 1. The number of nitrogens with zero attached hydrogens (tertiary/aromatic N) is 3. The molecule has 5 nitrogen and oxygen atoms in total. The second kappa shape index (κ2) is 5.02. The van der Waals surface area contributed by atoms with Crippen molar-refractivity contribution in [1.82, 2.24) is 20.3 Å². The van der Waals surface area contributed by atoms with Crippen LogP contribution in [0.25, 0.3) is 0 Å². The van der Waals surface area contributed by atoms with E-state index in [0.29, 0.717) is 16.8 Å². The van der Waals surface area contributed by atoms with Gasteiger partial charge in [0.15, 0.2) is 10.4 Å². The second-order valence-corrected chi connectivity index (χ2v) is 3.45. The number of rotatable bonds is 5. The predicted molar refractivity (Wildman–Crippen MR) is 56.1 cm³/mol. The van der Waals surface area contributed by atoms with Crippen LogP contribution in [-0.4, -0.2) is 33.9 Å². The summed E-state index contributed by atoms with van der Waals surface area (Å²) in [6, 6.07) is 0. The molecular formula is C8H11BrN4O. The monoisotopic (exact) mass is 258 g/mol. The summed E-state index contributed by atoms with van der Waals surface area (Å²) in [6.45, 7) is 4.40. The number of hydrogen-bond acceptors (Lipinski definition) is 4. The van der Waals surface area contributed by atoms with Crippen LogP contribution < -0.4 is 5.32 Å². The van der Waals surface area contributed by atoms with Gasteiger partial charge in [-0.3, -0.25) is 4.79 Å². The zero-order chi connectivity index (χ0) is 10.6. The van der Waals surface area contributed by atoms with E-state index in [9.17, 15) is 4.79 Å². The van der Waals surface area contributed by atoms with Gasteiger partial charge in [0.25, 0.3) is 0 Å². The molecule has 0 atom stereocenters. The quantitative estimate of drug-likeness (QED) is 0.476. The summed E-state index contributed by atoms with van der Waals surface area (Å²) in [7, 11) is 1.68. The third-order valence-corrected chi connectivity index (χ3v) is 2.16. The van der Waals surface area contributed by atoms with E-state index in [4.69, 9.17) is 0 Å². The van der Waals surface area contributed by atoms with E-state index < -0.39 is 0 Å². The van der Waals surface area contributed by atoms with E-state index in [1.807, 2.05) is 0 Å². The van der Waals surface area contributed by atoms with Crippen LogP contribution in [0.3, 0.4) is 0 Å². The van der Waals surface area contributed by atoms with E-state index in [2.05, 4.69) is 38.1 Å². The Morgan fingerprint density at radius 1 is 1.79 bits per heavy atom. The lowest BCUT2D eigenvalue weighted by Gasteiger charge is -2.01. The smallest absolute Gasteiger partial charge is 0.197 e. The minimum atomic E-state index is -0.0498. The highest BCUT2D eigenvalue weighted by atomic mass is 79.9. The first-order chi connectivity index (χ1) is 6.66. The number of hydrogen-bond donors (Lipinski definition) is 1. The normalized spacial score (nSPS) is 10.1. The second-order valence-electron chi connectivity index (χ2n) is 2.70. The van der Waals surface area contributed by atoms with Crippen molar-refractivity contribution in [3.05, 3.63) is 23.0 Å². The SMILES string of the molecule is C=CCNCC(=O)c1c(Br)nnn1C. The van der Waals surface area contributed by atoms with Crippen molar-refractivity contribution in [2.75, 3.05) is 13.1 Å². The lowest BCUT2D eigenvalue weighted by Crippen LogP contribution is -2.24. The van der Waals surface area contributed by atoms with Crippen LogP contribution in [0.1, 0.15) is 10.5 Å². The largest absolute Gasteiger partial charge is 0.306 e. The molecule has 0 fully saturated rings. The third kappa shape index (κ3) is 2.49. The zero-order valence-electron chi connectivity index (χ0n) is 7.83. The lowest BCUT2D eigenvalue weighted by molar-refractivity contribution is 0.0982. The first-order valence-corrected chi connectivity index (χ1v) is 4.86. The molecule has 0 aliphatic carbocycles. The van der Waals surface area contributed by atoms with Gasteiger partial charge in [-0.05, 0) is 15.9 Å². The van der Waals surface area contributed by atoms with Crippen LogP contribution in [-0.2, 0) is 7.05 Å². The molecule has 6 heteroatoms. The summed E-state index contributed by atoms with van der Waals surface area (Å²) < 4.78 is 1.92. The maximum Gasteiger partial charge on any atom is 0.197 e. The van der Waals surface area contributed by atoms with Crippen LogP contribution in [0.2, 0.25) is 0 Å². The molecule has 0 aliphatic rings. The summed E-state index contributed by atoms with van der Waals surface area (Å²) in [5.41, 5.74) is 0.474. The fourth-order valence-electron chi connectivity index (χ4n) is 0.999. The standard InChI is InChI=1S/C8H11BrN4O/c1-3-4-10-5-6(14)7-8(9)11-12-13(7)2/h3,10H,1,4-5H2,2H3. The molecule has 0 radical (unpaired) electrons. The van der Waals surface area contributed by atoms with Crippen molar-refractivity contribution >= 4 is 21.7 Å². The molecule has 0 aromatic carbocycles. The van der Waals surface area contributed by atoms with Crippen LogP contribution in [0.5, 0.6) is 0 Å². The average Bonchev–Trinajstić information content (AvgIpc) is 2.46. The molecule has 0 bridgehead atoms. The summed E-state index contributed by atoms with van der Waals surface area (Å²) in [4.78, 5) is 11.6. The molecule has 0 saturated carbocycles. The molecular weight excluding hydrogens is 248 g/mol. The van der Waals surface area contributed by atoms with Gasteiger partial charge in [-0.1, -0.05) is 11.3 Å². The number of Topliss-reactive ketones (excluding diaryl/α,β-unsaturated/α-hetero) is 1. The molecule has 1 heterocycles. The molecule has 1 aromatic rings. The number of aryl methyl sites for hydroxylation is 1. The van der Waals surface area contributed by atoms with Gasteiger partial charge < -0.3 is 5.32 Å². The van der Waals surface area contributed by atoms with E-state index in [1.165, 1.54) is 4.68 Å². The van der Waals surface area contributed by atoms with Gasteiger partial charge in [0.05, 0.1) is 6.54 Å². The Labute approximate surface area is 90.3 Å². The number of nitrogens with one attached hydrogen (secondary N) is 1. The summed E-state index contributed by atoms with van der Waals surface area (Å²) in [5.74, 6) is -0.0498. The van der Waals surface area contributed by atoms with E-state index in [1.54, 1.807) is 13.1 Å². The summed E-state index contributed by atoms with van der Waals surface area (Å²) in [5, 5.41) is 10.4. The molecule has 1 rings (SSSR count). The molecule has 76 valence electrons. The third-order valence-electron chi connectivity index (χ3n) is 1.62. The minimum Gasteiger partial charge on any atom is -0.306 e. The van der Waals surface area contributed by atoms with Crippen molar-refractivity contribution in [1.29, 1.82) is 0 Å². The molecule has 0 aliphatic heterocycles. The van der Waals surface area contributed by atoms with Crippen molar-refractivity contribution in [2.24, 2.45) is 7.05 Å². The number of aromatic nitrogens is 3. The first kappa shape index (κ1) is 11.1.